The fourth-order valence-electron chi connectivity index (χ4n) is 6.17. The summed E-state index contributed by atoms with van der Waals surface area (Å²) in [5.41, 5.74) is 11.4. The number of nitrogens with two attached hydrogens (primary N) is 1. The van der Waals surface area contributed by atoms with Gasteiger partial charge in [0.15, 0.2) is 11.6 Å². The molecule has 246 valence electrons. The zero-order valence-corrected chi connectivity index (χ0v) is 27.1. The van der Waals surface area contributed by atoms with E-state index in [1.54, 1.807) is 24.9 Å². The molecule has 3 aliphatic rings. The molecule has 49 heavy (non-hydrogen) atoms. The second-order valence-electron chi connectivity index (χ2n) is 12.8. The number of hydrogen-bond acceptors (Lipinski definition) is 9. The molecule has 12 nitrogen and oxygen atoms in total. The molecule has 0 atom stereocenters. The minimum Gasteiger partial charge on any atom is -0.399 e. The molecule has 2 aliphatic carbocycles. The lowest BCUT2D eigenvalue weighted by Gasteiger charge is -2.16. The normalized spacial score (nSPS) is 15.5. The molecule has 4 aromatic heterocycles. The molecule has 1 saturated heterocycles. The number of carbonyl (C=O) groups is 1. The van der Waals surface area contributed by atoms with E-state index in [1.165, 1.54) is 25.7 Å². The maximum Gasteiger partial charge on any atom is 0.274 e. The Morgan fingerprint density at radius 2 is 1.39 bits per heavy atom. The molecule has 0 radical (unpaired) electrons. The van der Waals surface area contributed by atoms with Crippen molar-refractivity contribution in [2.45, 2.75) is 50.6 Å². The average molecular weight is 652 g/mol. The Morgan fingerprint density at radius 1 is 0.714 bits per heavy atom. The molecule has 2 saturated carbocycles. The van der Waals surface area contributed by atoms with Gasteiger partial charge in [-0.25, -0.2) is 4.98 Å². The van der Waals surface area contributed by atoms with Crippen LogP contribution in [0.2, 0.25) is 0 Å². The Labute approximate surface area is 284 Å². The van der Waals surface area contributed by atoms with Gasteiger partial charge >= 0.3 is 0 Å². The van der Waals surface area contributed by atoms with Crippen LogP contribution in [0.15, 0.2) is 97.8 Å². The highest BCUT2D eigenvalue weighted by molar-refractivity contribution is 6.03. The minimum absolute atomic E-state index is 0.260. The van der Waals surface area contributed by atoms with E-state index in [2.05, 4.69) is 55.8 Å². The summed E-state index contributed by atoms with van der Waals surface area (Å²) in [4.78, 5) is 24.2. The van der Waals surface area contributed by atoms with Gasteiger partial charge in [-0.15, -0.1) is 20.4 Å². The molecule has 3 N–H and O–H groups in total. The van der Waals surface area contributed by atoms with Gasteiger partial charge in [0.2, 0.25) is 0 Å². The van der Waals surface area contributed by atoms with E-state index in [-0.39, 0.29) is 5.91 Å². The van der Waals surface area contributed by atoms with Crippen molar-refractivity contribution in [1.82, 2.24) is 39.5 Å². The smallest absolute Gasteiger partial charge is 0.274 e. The molecule has 9 rings (SSSR count). The van der Waals surface area contributed by atoms with Gasteiger partial charge in [0.05, 0.1) is 0 Å². The van der Waals surface area contributed by atoms with E-state index in [1.807, 2.05) is 66.9 Å². The Bertz CT molecular complexity index is 2070. The van der Waals surface area contributed by atoms with Crippen molar-refractivity contribution in [1.29, 1.82) is 0 Å². The molecule has 0 bridgehead atoms. The maximum absolute atomic E-state index is 13.0. The van der Waals surface area contributed by atoms with Crippen LogP contribution in [0.3, 0.4) is 0 Å². The van der Waals surface area contributed by atoms with E-state index in [4.69, 9.17) is 5.73 Å². The molecule has 0 spiro atoms. The van der Waals surface area contributed by atoms with Gasteiger partial charge in [-0.3, -0.25) is 9.78 Å². The molecule has 3 fully saturated rings. The third-order valence-corrected chi connectivity index (χ3v) is 9.05. The van der Waals surface area contributed by atoms with Gasteiger partial charge in [0.1, 0.15) is 24.2 Å². The molecule has 1 amide bonds. The van der Waals surface area contributed by atoms with Gasteiger partial charge in [0.25, 0.3) is 5.91 Å². The topological polar surface area (TPSA) is 146 Å². The minimum atomic E-state index is -0.260. The highest BCUT2D eigenvalue weighted by Crippen LogP contribution is 2.38. The second kappa shape index (κ2) is 13.3. The van der Waals surface area contributed by atoms with Crippen molar-refractivity contribution < 1.29 is 4.79 Å². The van der Waals surface area contributed by atoms with Crippen molar-refractivity contribution in [2.24, 2.45) is 0 Å². The zero-order chi connectivity index (χ0) is 33.2. The van der Waals surface area contributed by atoms with Crippen LogP contribution in [0.4, 0.5) is 17.2 Å². The van der Waals surface area contributed by atoms with E-state index in [0.717, 1.165) is 71.3 Å². The fourth-order valence-corrected chi connectivity index (χ4v) is 6.17. The summed E-state index contributed by atoms with van der Waals surface area (Å²) in [6, 6.07) is 24.3. The average Bonchev–Trinajstić information content (AvgIpc) is 3.98. The van der Waals surface area contributed by atoms with E-state index >= 15 is 0 Å². The van der Waals surface area contributed by atoms with Crippen molar-refractivity contribution in [3.8, 4) is 33.9 Å². The van der Waals surface area contributed by atoms with Crippen molar-refractivity contribution in [3.05, 3.63) is 104 Å². The molecule has 12 heteroatoms. The van der Waals surface area contributed by atoms with Crippen LogP contribution in [0.1, 0.15) is 61.1 Å². The monoisotopic (exact) mass is 651 g/mol. The zero-order valence-electron chi connectivity index (χ0n) is 27.1. The van der Waals surface area contributed by atoms with Crippen molar-refractivity contribution >= 4 is 23.1 Å². The van der Waals surface area contributed by atoms with E-state index in [9.17, 15) is 4.79 Å². The Morgan fingerprint density at radius 3 is 2.02 bits per heavy atom. The molecule has 6 aromatic rings. The van der Waals surface area contributed by atoms with Crippen LogP contribution in [0, 0.1) is 0 Å². The van der Waals surface area contributed by atoms with Crippen LogP contribution in [-0.2, 0) is 0 Å². The first kappa shape index (κ1) is 30.4. The molecule has 5 heterocycles. The molecular formula is C37H37N11O. The summed E-state index contributed by atoms with van der Waals surface area (Å²) >= 11 is 0. The maximum atomic E-state index is 13.0. The third-order valence-electron chi connectivity index (χ3n) is 9.05. The van der Waals surface area contributed by atoms with Gasteiger partial charge in [-0.05, 0) is 92.6 Å². The molecule has 0 unspecified atom stereocenters. The quantitative estimate of drug-likeness (QED) is 0.177. The van der Waals surface area contributed by atoms with Crippen LogP contribution in [0.25, 0.3) is 33.9 Å². The SMILES string of the molecule is Nc1cccc(-c2nncn2C2CC2)c1.O=C(Nc1cccc(-c2nncn2C2CC2)c1)c1cc(-c2ccc(N3CCCC3)nc2)ccn1. The first-order valence-electron chi connectivity index (χ1n) is 16.8. The first-order valence-corrected chi connectivity index (χ1v) is 16.8. The van der Waals surface area contributed by atoms with Gasteiger partial charge in [0, 0.05) is 65.6 Å². The lowest BCUT2D eigenvalue weighted by molar-refractivity contribution is 0.102. The molecule has 1 aliphatic heterocycles. The number of rotatable bonds is 8. The number of amides is 1. The Kier molecular flexibility index (Phi) is 8.26. The number of hydrogen-bond donors (Lipinski definition) is 2. The lowest BCUT2D eigenvalue weighted by atomic mass is 10.1. The summed E-state index contributed by atoms with van der Waals surface area (Å²) in [7, 11) is 0. The van der Waals surface area contributed by atoms with Gasteiger partial charge < -0.3 is 25.1 Å². The number of carbonyl (C=O) groups excluding carboxylic acids is 1. The summed E-state index contributed by atoms with van der Waals surface area (Å²) in [5, 5.41) is 19.4. The number of nitrogens with one attached hydrogen (secondary N) is 1. The standard InChI is InChI=1S/C26H25N7O.C11H12N4/c34-26(30-21-5-3-4-19(14-21)25-31-29-17-33(25)22-7-8-22)23-15-18(10-11-27-23)20-6-9-24(28-16-20)32-12-1-2-13-32;12-9-3-1-2-8(6-9)11-14-13-7-15(11)10-4-5-10/h3-6,9-11,14-17,22H,1-2,7-8,12-13H2,(H,30,34);1-3,6-7,10H,4-5,12H2. The molecule has 2 aromatic carbocycles. The van der Waals surface area contributed by atoms with Crippen LogP contribution >= 0.6 is 0 Å². The van der Waals surface area contributed by atoms with E-state index < -0.39 is 0 Å². The highest BCUT2D eigenvalue weighted by atomic mass is 16.1. The predicted molar refractivity (Wildman–Crippen MR) is 189 cm³/mol. The van der Waals surface area contributed by atoms with Crippen molar-refractivity contribution in [3.63, 3.8) is 0 Å². The number of nitrogens with zero attached hydrogens (tertiary/aromatic N) is 9. The van der Waals surface area contributed by atoms with Crippen molar-refractivity contribution in [2.75, 3.05) is 29.0 Å². The summed E-state index contributed by atoms with van der Waals surface area (Å²) in [6.45, 7) is 2.12. The lowest BCUT2D eigenvalue weighted by Crippen LogP contribution is -2.18. The summed E-state index contributed by atoms with van der Waals surface area (Å²) in [5.74, 6) is 2.49. The first-order chi connectivity index (χ1) is 24.1. The van der Waals surface area contributed by atoms with Crippen LogP contribution in [-0.4, -0.2) is 58.5 Å². The van der Waals surface area contributed by atoms with E-state index in [0.29, 0.717) is 23.5 Å². The largest absolute Gasteiger partial charge is 0.399 e. The highest BCUT2D eigenvalue weighted by Gasteiger charge is 2.27. The number of anilines is 3. The third kappa shape index (κ3) is 6.89. The number of pyridine rings is 2. The Hall–Kier alpha value is -5.91. The summed E-state index contributed by atoms with van der Waals surface area (Å²) in [6.07, 6.45) is 14.3. The van der Waals surface area contributed by atoms with Crippen LogP contribution in [0.5, 0.6) is 0 Å². The number of aromatic nitrogens is 8. The number of nitrogen functional groups attached to an aromatic ring is 1. The number of benzene rings is 2. The van der Waals surface area contributed by atoms with Gasteiger partial charge in [-0.1, -0.05) is 24.3 Å². The molecular weight excluding hydrogens is 614 g/mol. The Balaban J connectivity index is 0.000000193. The predicted octanol–water partition coefficient (Wildman–Crippen LogP) is 6.45. The van der Waals surface area contributed by atoms with Crippen LogP contribution < -0.4 is 16.0 Å². The second-order valence-corrected chi connectivity index (χ2v) is 12.8. The van der Waals surface area contributed by atoms with Gasteiger partial charge in [-0.2, -0.15) is 0 Å². The fraction of sp³-hybridized carbons (Fsp3) is 0.270. The summed E-state index contributed by atoms with van der Waals surface area (Å²) < 4.78 is 4.24.